The fourth-order valence-corrected chi connectivity index (χ4v) is 13.6. The maximum absolute atomic E-state index is 7.59. The Morgan fingerprint density at radius 1 is 0.492 bits per heavy atom. The summed E-state index contributed by atoms with van der Waals surface area (Å²) in [6.07, 6.45) is 0. The average molecular weight is 819 g/mol. The van der Waals surface area contributed by atoms with Crippen LogP contribution in [0, 0.1) is 0 Å². The number of fused-ring (bicyclic) bond motifs is 16. The lowest BCUT2D eigenvalue weighted by Crippen LogP contribution is -2.63. The van der Waals surface area contributed by atoms with Crippen molar-refractivity contribution < 1.29 is 4.74 Å². The van der Waals surface area contributed by atoms with Gasteiger partial charge >= 0.3 is 0 Å². The third kappa shape index (κ3) is 4.30. The van der Waals surface area contributed by atoms with E-state index in [1.165, 1.54) is 125 Å². The molecule has 0 aliphatic carbocycles. The molecule has 0 N–H and O–H groups in total. The van der Waals surface area contributed by atoms with Crippen LogP contribution in [0.1, 0.15) is 25.3 Å². The van der Waals surface area contributed by atoms with Gasteiger partial charge in [0.15, 0.2) is 0 Å². The highest BCUT2D eigenvalue weighted by Crippen LogP contribution is 2.50. The van der Waals surface area contributed by atoms with Crippen LogP contribution in [0.5, 0.6) is 11.5 Å². The van der Waals surface area contributed by atoms with Crippen LogP contribution >= 0.6 is 11.8 Å². The van der Waals surface area contributed by atoms with Gasteiger partial charge in [-0.05, 0) is 91.9 Å². The molecule has 292 valence electrons. The second kappa shape index (κ2) is 12.3. The fourth-order valence-electron chi connectivity index (χ4n) is 12.2. The highest BCUT2D eigenvalue weighted by Gasteiger charge is 2.47. The third-order valence-corrected chi connectivity index (χ3v) is 15.8. The van der Waals surface area contributed by atoms with Gasteiger partial charge in [0.1, 0.15) is 11.5 Å². The Hall–Kier alpha value is -7.14. The lowest BCUT2D eigenvalue weighted by Gasteiger charge is -2.39. The summed E-state index contributed by atoms with van der Waals surface area (Å²) in [7, 11) is 0. The van der Waals surface area contributed by atoms with Crippen LogP contribution in [0.25, 0.3) is 77.2 Å². The number of nitrogens with zero attached hydrogens (tertiary/aromatic N) is 2. The smallest absolute Gasteiger partial charge is 0.256 e. The Morgan fingerprint density at radius 2 is 1.00 bits per heavy atom. The minimum Gasteiger partial charge on any atom is -0.458 e. The van der Waals surface area contributed by atoms with Crippen molar-refractivity contribution in [3.8, 4) is 45.1 Å². The number of para-hydroxylation sites is 4. The van der Waals surface area contributed by atoms with Gasteiger partial charge < -0.3 is 13.9 Å². The number of hydrogen-bond donors (Lipinski definition) is 0. The summed E-state index contributed by atoms with van der Waals surface area (Å²) >= 11 is 1.96. The number of hydrogen-bond acceptors (Lipinski definition) is 2. The summed E-state index contributed by atoms with van der Waals surface area (Å²) in [5, 5.41) is 5.19. The standard InChI is InChI=1S/C57H36B2N2OS/c1-32(2)49-56-41(58-39-23-11-15-27-45(39)60-43-25-13-9-21-35(43)50-37(33-17-5-3-6-18-33)29-47(62-56)52(58)54(50)60)31-42-57(49)63-48-30-38(34-19-7-4-8-20-34)51-36-22-10-14-26-44(36)61-46-28-16-12-24-40(46)59(42)53(48)55(51)61/h3-32H,1-2H3. The van der Waals surface area contributed by atoms with Gasteiger partial charge in [0.25, 0.3) is 6.71 Å². The zero-order valence-electron chi connectivity index (χ0n) is 34.7. The van der Waals surface area contributed by atoms with Crippen LogP contribution in [-0.4, -0.2) is 22.6 Å². The predicted molar refractivity (Wildman–Crippen MR) is 266 cm³/mol. The summed E-state index contributed by atoms with van der Waals surface area (Å²) in [6, 6.07) is 65.7. The molecule has 0 unspecified atom stereocenters. The Kier molecular flexibility index (Phi) is 6.71. The molecule has 4 aliphatic rings. The molecule has 6 heteroatoms. The van der Waals surface area contributed by atoms with Crippen molar-refractivity contribution in [2.75, 3.05) is 0 Å². The summed E-state index contributed by atoms with van der Waals surface area (Å²) in [5.41, 5.74) is 21.9. The number of aromatic nitrogens is 2. The van der Waals surface area contributed by atoms with Crippen molar-refractivity contribution in [2.24, 2.45) is 0 Å². The van der Waals surface area contributed by atoms with E-state index in [1.54, 1.807) is 0 Å². The van der Waals surface area contributed by atoms with Crippen molar-refractivity contribution in [3.05, 3.63) is 181 Å². The molecule has 0 fully saturated rings. The Morgan fingerprint density at radius 3 is 1.60 bits per heavy atom. The van der Waals surface area contributed by atoms with E-state index < -0.39 is 0 Å². The van der Waals surface area contributed by atoms with E-state index >= 15 is 0 Å². The molecule has 15 rings (SSSR count). The van der Waals surface area contributed by atoms with Crippen LogP contribution in [0.15, 0.2) is 186 Å². The van der Waals surface area contributed by atoms with Crippen molar-refractivity contribution in [3.63, 3.8) is 0 Å². The maximum Gasteiger partial charge on any atom is 0.256 e. The third-order valence-electron chi connectivity index (χ3n) is 14.6. The molecule has 2 aromatic heterocycles. The van der Waals surface area contributed by atoms with Gasteiger partial charge in [-0.3, -0.25) is 0 Å². The summed E-state index contributed by atoms with van der Waals surface area (Å²) < 4.78 is 12.7. The van der Waals surface area contributed by atoms with Gasteiger partial charge in [-0.25, -0.2) is 0 Å². The molecule has 11 aromatic rings. The first-order valence-corrected chi connectivity index (χ1v) is 23.0. The average Bonchev–Trinajstić information content (AvgIpc) is 3.87. The van der Waals surface area contributed by atoms with Crippen molar-refractivity contribution in [1.82, 2.24) is 9.13 Å². The van der Waals surface area contributed by atoms with E-state index in [9.17, 15) is 0 Å². The number of ether oxygens (including phenoxy) is 1. The molecule has 0 amide bonds. The van der Waals surface area contributed by atoms with Gasteiger partial charge in [0, 0.05) is 48.3 Å². The number of rotatable bonds is 3. The molecular formula is C57H36B2N2OS. The Labute approximate surface area is 369 Å². The lowest BCUT2D eigenvalue weighted by molar-refractivity contribution is 0.476. The van der Waals surface area contributed by atoms with Gasteiger partial charge in [-0.15, -0.1) is 0 Å². The quantitative estimate of drug-likeness (QED) is 0.165. The molecule has 0 saturated heterocycles. The second-order valence-corrected chi connectivity index (χ2v) is 19.1. The van der Waals surface area contributed by atoms with E-state index in [0.29, 0.717) is 0 Å². The predicted octanol–water partition coefficient (Wildman–Crippen LogP) is 10.6. The Bertz CT molecular complexity index is 3600. The van der Waals surface area contributed by atoms with E-state index in [2.05, 4.69) is 199 Å². The number of benzene rings is 9. The first kappa shape index (κ1) is 34.4. The first-order valence-electron chi connectivity index (χ1n) is 22.2. The van der Waals surface area contributed by atoms with Crippen LogP contribution in [-0.2, 0) is 0 Å². The maximum atomic E-state index is 7.59. The van der Waals surface area contributed by atoms with Gasteiger partial charge in [0.2, 0.25) is 6.71 Å². The monoisotopic (exact) mass is 818 g/mol. The molecule has 9 aromatic carbocycles. The van der Waals surface area contributed by atoms with Crippen molar-refractivity contribution in [2.45, 2.75) is 29.6 Å². The van der Waals surface area contributed by atoms with Crippen molar-refractivity contribution in [1.29, 1.82) is 0 Å². The van der Waals surface area contributed by atoms with Crippen LogP contribution < -0.4 is 37.5 Å². The molecule has 0 radical (unpaired) electrons. The Balaban J connectivity index is 1.08. The van der Waals surface area contributed by atoms with Crippen LogP contribution in [0.3, 0.4) is 0 Å². The van der Waals surface area contributed by atoms with Gasteiger partial charge in [0.05, 0.1) is 22.1 Å². The minimum atomic E-state index is -0.0101. The summed E-state index contributed by atoms with van der Waals surface area (Å²) in [4.78, 5) is 2.67. The topological polar surface area (TPSA) is 19.1 Å². The van der Waals surface area contributed by atoms with E-state index in [4.69, 9.17) is 4.74 Å². The summed E-state index contributed by atoms with van der Waals surface area (Å²) in [6.45, 7) is 4.76. The molecule has 3 nitrogen and oxygen atoms in total. The highest BCUT2D eigenvalue weighted by atomic mass is 32.2. The molecule has 63 heavy (non-hydrogen) atoms. The summed E-state index contributed by atoms with van der Waals surface area (Å²) in [5.74, 6) is 2.19. The van der Waals surface area contributed by atoms with Crippen LogP contribution in [0.2, 0.25) is 0 Å². The SMILES string of the molecule is CC(C)c1c2c(cc3c1Sc1cc(-c4ccccc4)c4c5ccccc5n5c4c1B3c1ccccc1-5)B1c3ccccc3-n3c4ccccc4c4c(-c5ccccc5)cc(c1c43)O2. The molecular weight excluding hydrogens is 782 g/mol. The van der Waals surface area contributed by atoms with Crippen molar-refractivity contribution >= 4 is 102 Å². The molecule has 0 saturated carbocycles. The fraction of sp³-hybridized carbons (Fsp3) is 0.0526. The highest BCUT2D eigenvalue weighted by molar-refractivity contribution is 8.00. The molecule has 6 heterocycles. The zero-order valence-corrected chi connectivity index (χ0v) is 35.5. The van der Waals surface area contributed by atoms with E-state index in [1.807, 2.05) is 11.8 Å². The van der Waals surface area contributed by atoms with Gasteiger partial charge in [-0.1, -0.05) is 171 Å². The molecule has 0 bridgehead atoms. The minimum absolute atomic E-state index is 0.0101. The van der Waals surface area contributed by atoms with E-state index in [-0.39, 0.29) is 19.3 Å². The van der Waals surface area contributed by atoms with Crippen LogP contribution in [0.4, 0.5) is 0 Å². The van der Waals surface area contributed by atoms with Gasteiger partial charge in [-0.2, -0.15) is 0 Å². The lowest BCUT2D eigenvalue weighted by atomic mass is 9.31. The van der Waals surface area contributed by atoms with E-state index in [0.717, 1.165) is 11.5 Å². The zero-order chi connectivity index (χ0) is 41.2. The largest absolute Gasteiger partial charge is 0.458 e. The first-order chi connectivity index (χ1) is 31.1. The molecule has 4 aliphatic heterocycles. The normalized spacial score (nSPS) is 13.7. The molecule has 0 spiro atoms. The second-order valence-electron chi connectivity index (χ2n) is 18.0. The molecule has 0 atom stereocenters.